The molecule has 0 aromatic carbocycles. The Hall–Kier alpha value is -0.200. The van der Waals surface area contributed by atoms with Crippen molar-refractivity contribution in [3.8, 4) is 0 Å². The van der Waals surface area contributed by atoms with E-state index in [0.717, 1.165) is 19.5 Å². The van der Waals surface area contributed by atoms with Crippen molar-refractivity contribution in [3.05, 3.63) is 0 Å². The molecule has 5 nitrogen and oxygen atoms in total. The van der Waals surface area contributed by atoms with Crippen molar-refractivity contribution in [2.24, 2.45) is 0 Å². The molecule has 0 amide bonds. The zero-order valence-electron chi connectivity index (χ0n) is 7.43. The van der Waals surface area contributed by atoms with Crippen molar-refractivity contribution < 1.29 is 15.3 Å². The molecular formula is C8H16N2O3. The first-order valence-corrected chi connectivity index (χ1v) is 4.72. The predicted molar refractivity (Wildman–Crippen MR) is 46.0 cm³/mol. The summed E-state index contributed by atoms with van der Waals surface area (Å²) in [5.74, 6) is 0. The highest BCUT2D eigenvalue weighted by atomic mass is 16.4. The first-order valence-electron chi connectivity index (χ1n) is 4.72. The Bertz CT molecular complexity index is 188. The normalized spacial score (nSPS) is 47.3. The van der Waals surface area contributed by atoms with Gasteiger partial charge in [-0.3, -0.25) is 10.2 Å². The van der Waals surface area contributed by atoms with E-state index in [9.17, 15) is 15.3 Å². The standard InChI is InChI=1S/C8H16N2O3/c11-5-4-10-3-1-2-9-8(10)7(13)6(5)12/h5-9,11-13H,1-4H2/t5-,6+,7-,8?/m1/s1. The third-order valence-corrected chi connectivity index (χ3v) is 2.86. The molecule has 0 bridgehead atoms. The number of hydrogen-bond acceptors (Lipinski definition) is 5. The van der Waals surface area contributed by atoms with Crippen LogP contribution in [0.4, 0.5) is 0 Å². The Morgan fingerprint density at radius 3 is 2.69 bits per heavy atom. The Morgan fingerprint density at radius 1 is 1.15 bits per heavy atom. The highest BCUT2D eigenvalue weighted by molar-refractivity contribution is 4.94. The van der Waals surface area contributed by atoms with Crippen LogP contribution in [0.3, 0.4) is 0 Å². The molecule has 4 N–H and O–H groups in total. The van der Waals surface area contributed by atoms with Crippen LogP contribution >= 0.6 is 0 Å². The second-order valence-electron chi connectivity index (χ2n) is 3.80. The molecule has 0 aliphatic carbocycles. The minimum Gasteiger partial charge on any atom is -0.389 e. The first-order chi connectivity index (χ1) is 6.20. The average Bonchev–Trinajstić information content (AvgIpc) is 2.15. The molecule has 2 fully saturated rings. The van der Waals surface area contributed by atoms with Gasteiger partial charge in [0.1, 0.15) is 12.2 Å². The number of hydrogen-bond donors (Lipinski definition) is 4. The molecule has 0 spiro atoms. The Kier molecular flexibility index (Phi) is 2.53. The molecule has 4 atom stereocenters. The van der Waals surface area contributed by atoms with Crippen LogP contribution in [0.15, 0.2) is 0 Å². The van der Waals surface area contributed by atoms with E-state index in [4.69, 9.17) is 0 Å². The van der Waals surface area contributed by atoms with Gasteiger partial charge >= 0.3 is 0 Å². The molecule has 2 aliphatic heterocycles. The molecule has 0 aromatic rings. The van der Waals surface area contributed by atoms with Gasteiger partial charge in [-0.15, -0.1) is 0 Å². The fourth-order valence-corrected chi connectivity index (χ4v) is 2.10. The molecule has 2 rings (SSSR count). The lowest BCUT2D eigenvalue weighted by Gasteiger charge is -2.46. The van der Waals surface area contributed by atoms with Gasteiger partial charge in [-0.2, -0.15) is 0 Å². The third-order valence-electron chi connectivity index (χ3n) is 2.86. The number of aliphatic hydroxyl groups excluding tert-OH is 3. The average molecular weight is 188 g/mol. The molecule has 0 radical (unpaired) electrons. The van der Waals surface area contributed by atoms with Crippen LogP contribution in [-0.4, -0.2) is 64.3 Å². The van der Waals surface area contributed by atoms with Crippen molar-refractivity contribution >= 4 is 0 Å². The zero-order chi connectivity index (χ0) is 9.42. The molecular weight excluding hydrogens is 172 g/mol. The van der Waals surface area contributed by atoms with Crippen LogP contribution in [0, 0.1) is 0 Å². The van der Waals surface area contributed by atoms with E-state index in [1.165, 1.54) is 0 Å². The fraction of sp³-hybridized carbons (Fsp3) is 1.00. The van der Waals surface area contributed by atoms with Gasteiger partial charge in [-0.1, -0.05) is 0 Å². The van der Waals surface area contributed by atoms with Gasteiger partial charge in [-0.05, 0) is 13.0 Å². The molecule has 2 saturated heterocycles. The summed E-state index contributed by atoms with van der Waals surface area (Å²) in [6.07, 6.45) is -1.90. The second-order valence-corrected chi connectivity index (χ2v) is 3.80. The van der Waals surface area contributed by atoms with Gasteiger partial charge in [0.05, 0.1) is 12.3 Å². The number of rotatable bonds is 0. The van der Waals surface area contributed by atoms with Crippen molar-refractivity contribution in [1.29, 1.82) is 0 Å². The lowest BCUT2D eigenvalue weighted by Crippen LogP contribution is -2.68. The van der Waals surface area contributed by atoms with E-state index in [-0.39, 0.29) is 6.17 Å². The summed E-state index contributed by atoms with van der Waals surface area (Å²) in [5, 5.41) is 31.6. The van der Waals surface area contributed by atoms with E-state index in [2.05, 4.69) is 5.32 Å². The molecule has 13 heavy (non-hydrogen) atoms. The summed E-state index contributed by atoms with van der Waals surface area (Å²) >= 11 is 0. The van der Waals surface area contributed by atoms with Crippen molar-refractivity contribution in [3.63, 3.8) is 0 Å². The van der Waals surface area contributed by atoms with Gasteiger partial charge in [-0.25, -0.2) is 0 Å². The molecule has 2 heterocycles. The summed E-state index contributed by atoms with van der Waals surface area (Å²) in [7, 11) is 0. The smallest absolute Gasteiger partial charge is 0.111 e. The van der Waals surface area contributed by atoms with Crippen LogP contribution in [0.25, 0.3) is 0 Å². The molecule has 0 aromatic heterocycles. The summed E-state index contributed by atoms with van der Waals surface area (Å²) in [4.78, 5) is 1.98. The summed E-state index contributed by atoms with van der Waals surface area (Å²) in [6.45, 7) is 2.18. The summed E-state index contributed by atoms with van der Waals surface area (Å²) < 4.78 is 0. The monoisotopic (exact) mass is 188 g/mol. The Labute approximate surface area is 77.0 Å². The Balaban J connectivity index is 2.08. The Morgan fingerprint density at radius 2 is 1.92 bits per heavy atom. The topological polar surface area (TPSA) is 76.0 Å². The lowest BCUT2D eigenvalue weighted by molar-refractivity contribution is -0.149. The quantitative estimate of drug-likeness (QED) is 0.344. The van der Waals surface area contributed by atoms with Crippen molar-refractivity contribution in [1.82, 2.24) is 10.2 Å². The highest BCUT2D eigenvalue weighted by Gasteiger charge is 2.41. The van der Waals surface area contributed by atoms with E-state index in [1.54, 1.807) is 0 Å². The van der Waals surface area contributed by atoms with Crippen molar-refractivity contribution in [2.75, 3.05) is 19.6 Å². The largest absolute Gasteiger partial charge is 0.389 e. The van der Waals surface area contributed by atoms with E-state index < -0.39 is 18.3 Å². The molecule has 5 heteroatoms. The molecule has 2 aliphatic rings. The number of nitrogens with zero attached hydrogens (tertiary/aromatic N) is 1. The van der Waals surface area contributed by atoms with E-state index in [0.29, 0.717) is 6.54 Å². The number of fused-ring (bicyclic) bond motifs is 1. The minimum atomic E-state index is -1.02. The lowest BCUT2D eigenvalue weighted by atomic mass is 9.97. The molecule has 76 valence electrons. The van der Waals surface area contributed by atoms with Gasteiger partial charge in [0.25, 0.3) is 0 Å². The zero-order valence-corrected chi connectivity index (χ0v) is 7.43. The van der Waals surface area contributed by atoms with E-state index in [1.807, 2.05) is 4.90 Å². The van der Waals surface area contributed by atoms with E-state index >= 15 is 0 Å². The maximum absolute atomic E-state index is 9.63. The first kappa shape index (κ1) is 9.36. The van der Waals surface area contributed by atoms with Crippen molar-refractivity contribution in [2.45, 2.75) is 30.9 Å². The summed E-state index contributed by atoms with van der Waals surface area (Å²) in [5.41, 5.74) is 0. The maximum atomic E-state index is 9.63. The number of aliphatic hydroxyl groups is 3. The maximum Gasteiger partial charge on any atom is 0.111 e. The van der Waals surface area contributed by atoms with Crippen LogP contribution in [0.5, 0.6) is 0 Å². The van der Waals surface area contributed by atoms with Gasteiger partial charge in [0.15, 0.2) is 0 Å². The highest BCUT2D eigenvalue weighted by Crippen LogP contribution is 2.19. The van der Waals surface area contributed by atoms with Gasteiger partial charge < -0.3 is 15.3 Å². The number of piperidine rings is 1. The van der Waals surface area contributed by atoms with Crippen LogP contribution in [0.1, 0.15) is 6.42 Å². The third kappa shape index (κ3) is 1.58. The second kappa shape index (κ2) is 3.51. The SMILES string of the molecule is O[C@H]1[C@H](O)CN2CCCNC2[C@@H]1O. The van der Waals surface area contributed by atoms with Crippen LogP contribution in [0.2, 0.25) is 0 Å². The minimum absolute atomic E-state index is 0.188. The summed E-state index contributed by atoms with van der Waals surface area (Å²) in [6, 6.07) is 0. The molecule has 1 unspecified atom stereocenters. The number of nitrogens with one attached hydrogen (secondary N) is 1. The van der Waals surface area contributed by atoms with Gasteiger partial charge in [0.2, 0.25) is 0 Å². The predicted octanol–water partition coefficient (Wildman–Crippen LogP) is -2.30. The van der Waals surface area contributed by atoms with Crippen LogP contribution < -0.4 is 5.32 Å². The fourth-order valence-electron chi connectivity index (χ4n) is 2.10. The van der Waals surface area contributed by atoms with Crippen LogP contribution in [-0.2, 0) is 0 Å². The van der Waals surface area contributed by atoms with Gasteiger partial charge in [0, 0.05) is 13.1 Å². The molecule has 0 saturated carbocycles.